The highest BCUT2D eigenvalue weighted by molar-refractivity contribution is 5.81. The fraction of sp³-hybridized carbons (Fsp3) is 0.444. The van der Waals surface area contributed by atoms with Gasteiger partial charge in [-0.15, -0.1) is 6.42 Å². The predicted molar refractivity (Wildman–Crippen MR) is 87.4 cm³/mol. The molecule has 4 nitrogen and oxygen atoms in total. The number of nitrogens with zero attached hydrogens (tertiary/aromatic N) is 3. The zero-order chi connectivity index (χ0) is 15.5. The van der Waals surface area contributed by atoms with Gasteiger partial charge >= 0.3 is 0 Å². The van der Waals surface area contributed by atoms with E-state index in [9.17, 15) is 4.79 Å². The molecule has 1 atom stereocenters. The van der Waals surface area contributed by atoms with Gasteiger partial charge < -0.3 is 9.47 Å². The number of rotatable bonds is 5. The van der Waals surface area contributed by atoms with Crippen LogP contribution in [0.4, 0.5) is 0 Å². The Morgan fingerprint density at radius 2 is 2.23 bits per heavy atom. The summed E-state index contributed by atoms with van der Waals surface area (Å²) in [5.74, 6) is 4.04. The van der Waals surface area contributed by atoms with Crippen LogP contribution in [0.25, 0.3) is 11.0 Å². The van der Waals surface area contributed by atoms with Gasteiger partial charge in [0.15, 0.2) is 0 Å². The van der Waals surface area contributed by atoms with Crippen LogP contribution in [0.15, 0.2) is 24.3 Å². The van der Waals surface area contributed by atoms with E-state index in [1.54, 1.807) is 0 Å². The summed E-state index contributed by atoms with van der Waals surface area (Å²) in [7, 11) is 0. The van der Waals surface area contributed by atoms with Crippen molar-refractivity contribution in [2.75, 3.05) is 13.1 Å². The molecule has 0 spiro atoms. The Hall–Kier alpha value is -2.28. The van der Waals surface area contributed by atoms with Gasteiger partial charge in [0, 0.05) is 25.4 Å². The van der Waals surface area contributed by atoms with Crippen LogP contribution < -0.4 is 0 Å². The monoisotopic (exact) mass is 295 g/mol. The van der Waals surface area contributed by atoms with Gasteiger partial charge in [-0.05, 0) is 18.6 Å². The Kier molecular flexibility index (Phi) is 4.15. The van der Waals surface area contributed by atoms with Gasteiger partial charge in [0.05, 0.1) is 17.6 Å². The van der Waals surface area contributed by atoms with Crippen LogP contribution in [0.5, 0.6) is 0 Å². The zero-order valence-corrected chi connectivity index (χ0v) is 13.0. The van der Waals surface area contributed by atoms with Gasteiger partial charge in [-0.1, -0.05) is 31.4 Å². The summed E-state index contributed by atoms with van der Waals surface area (Å²) in [4.78, 5) is 18.9. The van der Waals surface area contributed by atoms with Crippen molar-refractivity contribution in [1.29, 1.82) is 0 Å². The number of carbonyl (C=O) groups is 1. The lowest BCUT2D eigenvalue weighted by atomic mass is 10.1. The van der Waals surface area contributed by atoms with Crippen molar-refractivity contribution in [2.24, 2.45) is 0 Å². The fourth-order valence-electron chi connectivity index (χ4n) is 3.17. The maximum atomic E-state index is 12.2. The Morgan fingerprint density at radius 3 is 3.00 bits per heavy atom. The number of amides is 1. The minimum absolute atomic E-state index is 0.144. The van der Waals surface area contributed by atoms with Gasteiger partial charge in [0.2, 0.25) is 5.91 Å². The standard InChI is InChI=1S/C18H21N3O/c1-3-5-11-20-13-14(12-17(20)22)18-19-15-8-6-7-9-16(15)21(18)10-4-2/h2,6-9,14H,3,5,10-13H2,1H3/t14-/m0/s1. The average molecular weight is 295 g/mol. The van der Waals surface area contributed by atoms with Gasteiger partial charge in [-0.2, -0.15) is 0 Å². The summed E-state index contributed by atoms with van der Waals surface area (Å²) >= 11 is 0. The molecule has 1 fully saturated rings. The third kappa shape index (κ3) is 2.59. The van der Waals surface area contributed by atoms with Crippen LogP contribution in [0, 0.1) is 12.3 Å². The molecule has 0 saturated carbocycles. The number of aromatic nitrogens is 2. The summed E-state index contributed by atoms with van der Waals surface area (Å²) in [5.41, 5.74) is 2.00. The van der Waals surface area contributed by atoms with Crippen LogP contribution in [-0.4, -0.2) is 33.4 Å². The highest BCUT2D eigenvalue weighted by Gasteiger charge is 2.33. The third-order valence-corrected chi connectivity index (χ3v) is 4.29. The third-order valence-electron chi connectivity index (χ3n) is 4.29. The number of hydrogen-bond acceptors (Lipinski definition) is 2. The highest BCUT2D eigenvalue weighted by atomic mass is 16.2. The molecule has 3 rings (SSSR count). The van der Waals surface area contributed by atoms with Crippen molar-refractivity contribution in [1.82, 2.24) is 14.5 Å². The second kappa shape index (κ2) is 6.23. The Balaban J connectivity index is 1.92. The molecule has 0 aliphatic carbocycles. The first kappa shape index (κ1) is 14.6. The number of carbonyl (C=O) groups excluding carboxylic acids is 1. The van der Waals surface area contributed by atoms with Crippen molar-refractivity contribution >= 4 is 16.9 Å². The summed E-state index contributed by atoms with van der Waals surface area (Å²) in [6.45, 7) is 4.24. The highest BCUT2D eigenvalue weighted by Crippen LogP contribution is 2.30. The van der Waals surface area contributed by atoms with Crippen LogP contribution in [0.3, 0.4) is 0 Å². The lowest BCUT2D eigenvalue weighted by Crippen LogP contribution is -2.26. The Labute approximate surface area is 131 Å². The second-order valence-electron chi connectivity index (χ2n) is 5.84. The van der Waals surface area contributed by atoms with E-state index in [4.69, 9.17) is 11.4 Å². The molecule has 1 amide bonds. The quantitative estimate of drug-likeness (QED) is 0.796. The molecule has 0 radical (unpaired) electrons. The molecule has 1 aliphatic rings. The summed E-state index contributed by atoms with van der Waals surface area (Å²) < 4.78 is 2.08. The lowest BCUT2D eigenvalue weighted by Gasteiger charge is -2.16. The molecular formula is C18H21N3O. The minimum Gasteiger partial charge on any atom is -0.342 e. The largest absolute Gasteiger partial charge is 0.342 e. The van der Waals surface area contributed by atoms with E-state index in [1.165, 1.54) is 0 Å². The lowest BCUT2D eigenvalue weighted by molar-refractivity contribution is -0.127. The SMILES string of the molecule is C#CCn1c([C@H]2CC(=O)N(CCCC)C2)nc2ccccc21. The van der Waals surface area contributed by atoms with Crippen molar-refractivity contribution in [3.8, 4) is 12.3 Å². The van der Waals surface area contributed by atoms with E-state index in [2.05, 4.69) is 17.4 Å². The number of imidazole rings is 1. The van der Waals surface area contributed by atoms with Crippen molar-refractivity contribution < 1.29 is 4.79 Å². The molecule has 1 aliphatic heterocycles. The molecule has 0 unspecified atom stereocenters. The van der Waals surface area contributed by atoms with E-state index in [0.717, 1.165) is 42.8 Å². The number of unbranched alkanes of at least 4 members (excludes halogenated alkanes) is 1. The number of benzene rings is 1. The minimum atomic E-state index is 0.144. The first-order valence-corrected chi connectivity index (χ1v) is 7.91. The zero-order valence-electron chi connectivity index (χ0n) is 13.0. The van der Waals surface area contributed by atoms with Crippen LogP contribution >= 0.6 is 0 Å². The van der Waals surface area contributed by atoms with E-state index < -0.39 is 0 Å². The van der Waals surface area contributed by atoms with E-state index in [0.29, 0.717) is 13.0 Å². The van der Waals surface area contributed by atoms with Crippen LogP contribution in [-0.2, 0) is 11.3 Å². The average Bonchev–Trinajstić information content (AvgIpc) is 3.07. The van der Waals surface area contributed by atoms with E-state index >= 15 is 0 Å². The molecular weight excluding hydrogens is 274 g/mol. The summed E-state index contributed by atoms with van der Waals surface area (Å²) in [6, 6.07) is 8.01. The topological polar surface area (TPSA) is 38.1 Å². The maximum Gasteiger partial charge on any atom is 0.223 e. The molecule has 1 aromatic heterocycles. The van der Waals surface area contributed by atoms with E-state index in [-0.39, 0.29) is 11.8 Å². The first-order chi connectivity index (χ1) is 10.7. The summed E-state index contributed by atoms with van der Waals surface area (Å²) in [5, 5.41) is 0. The number of para-hydroxylation sites is 2. The molecule has 0 N–H and O–H groups in total. The molecule has 114 valence electrons. The number of terminal acetylenes is 1. The number of fused-ring (bicyclic) bond motifs is 1. The predicted octanol–water partition coefficient (Wildman–Crippen LogP) is 2.79. The fourth-order valence-corrected chi connectivity index (χ4v) is 3.17. The molecule has 1 saturated heterocycles. The molecule has 2 aromatic rings. The normalized spacial score (nSPS) is 18.1. The molecule has 4 heteroatoms. The Morgan fingerprint density at radius 1 is 1.41 bits per heavy atom. The molecule has 1 aromatic carbocycles. The first-order valence-electron chi connectivity index (χ1n) is 7.91. The summed E-state index contributed by atoms with van der Waals surface area (Å²) in [6.07, 6.45) is 8.22. The molecule has 22 heavy (non-hydrogen) atoms. The van der Waals surface area contributed by atoms with Crippen LogP contribution in [0.1, 0.15) is 37.9 Å². The maximum absolute atomic E-state index is 12.2. The van der Waals surface area contributed by atoms with E-state index in [1.807, 2.05) is 29.2 Å². The van der Waals surface area contributed by atoms with Gasteiger partial charge in [-0.25, -0.2) is 4.98 Å². The van der Waals surface area contributed by atoms with Crippen LogP contribution in [0.2, 0.25) is 0 Å². The number of likely N-dealkylation sites (tertiary alicyclic amines) is 1. The number of hydrogen-bond donors (Lipinski definition) is 0. The smallest absolute Gasteiger partial charge is 0.223 e. The van der Waals surface area contributed by atoms with Gasteiger partial charge in [0.1, 0.15) is 5.82 Å². The molecule has 2 heterocycles. The van der Waals surface area contributed by atoms with Gasteiger partial charge in [-0.3, -0.25) is 4.79 Å². The van der Waals surface area contributed by atoms with Gasteiger partial charge in [0.25, 0.3) is 0 Å². The second-order valence-corrected chi connectivity index (χ2v) is 5.84. The Bertz CT molecular complexity index is 725. The molecule has 0 bridgehead atoms. The van der Waals surface area contributed by atoms with Crippen molar-refractivity contribution in [2.45, 2.75) is 38.6 Å². The van der Waals surface area contributed by atoms with Crippen molar-refractivity contribution in [3.05, 3.63) is 30.1 Å². The van der Waals surface area contributed by atoms with Crippen molar-refractivity contribution in [3.63, 3.8) is 0 Å².